The summed E-state index contributed by atoms with van der Waals surface area (Å²) in [7, 11) is 4.61. The van der Waals surface area contributed by atoms with Crippen molar-refractivity contribution in [3.63, 3.8) is 0 Å². The number of methoxy groups -OCH3 is 3. The summed E-state index contributed by atoms with van der Waals surface area (Å²) in [5.74, 6) is 3.88. The predicted molar refractivity (Wildman–Crippen MR) is 151 cm³/mol. The van der Waals surface area contributed by atoms with Crippen molar-refractivity contribution in [1.29, 1.82) is 0 Å². The second kappa shape index (κ2) is 16.0. The van der Waals surface area contributed by atoms with Crippen molar-refractivity contribution in [2.45, 2.75) is 44.9 Å². The van der Waals surface area contributed by atoms with Crippen LogP contribution in [0.25, 0.3) is 6.08 Å². The third-order valence-electron chi connectivity index (χ3n) is 6.49. The second-order valence-corrected chi connectivity index (χ2v) is 9.16. The number of aryl methyl sites for hydroxylation is 2. The van der Waals surface area contributed by atoms with E-state index < -0.39 is 0 Å². The summed E-state index contributed by atoms with van der Waals surface area (Å²) >= 11 is 0. The highest BCUT2D eigenvalue weighted by molar-refractivity contribution is 5.69. The number of aromatic nitrogens is 1. The fraction of sp³-hybridized carbons (Fsp3) is 0.375. The summed E-state index contributed by atoms with van der Waals surface area (Å²) in [5, 5.41) is 0. The summed E-state index contributed by atoms with van der Waals surface area (Å²) in [5.41, 5.74) is 3.33. The molecule has 7 heteroatoms. The Kier molecular flexibility index (Phi) is 12.1. The third-order valence-corrected chi connectivity index (χ3v) is 6.49. The first-order valence-electron chi connectivity index (χ1n) is 13.2. The number of ether oxygens (including phenoxy) is 4. The van der Waals surface area contributed by atoms with Crippen molar-refractivity contribution < 1.29 is 28.5 Å². The van der Waals surface area contributed by atoms with Crippen LogP contribution in [0.15, 0.2) is 72.0 Å². The fourth-order valence-corrected chi connectivity index (χ4v) is 4.20. The van der Waals surface area contributed by atoms with Crippen LogP contribution in [0.1, 0.15) is 49.1 Å². The van der Waals surface area contributed by atoms with Gasteiger partial charge in [0.25, 0.3) is 0 Å². The molecule has 0 spiro atoms. The SMILES string of the molecule is COC(=O)CCc1nc(CCC2C=CC(OC)=CC2=C=O)ccc1OCCCCC=Cc1ccc(OC)cc1. The number of hydrogen-bond acceptors (Lipinski definition) is 7. The lowest BCUT2D eigenvalue weighted by molar-refractivity contribution is -0.140. The van der Waals surface area contributed by atoms with Gasteiger partial charge < -0.3 is 18.9 Å². The zero-order valence-electron chi connectivity index (χ0n) is 23.0. The van der Waals surface area contributed by atoms with E-state index in [1.807, 2.05) is 54.5 Å². The highest BCUT2D eigenvalue weighted by Gasteiger charge is 2.17. The molecule has 1 heterocycles. The van der Waals surface area contributed by atoms with Crippen molar-refractivity contribution >= 4 is 18.0 Å². The van der Waals surface area contributed by atoms with E-state index >= 15 is 0 Å². The van der Waals surface area contributed by atoms with Crippen LogP contribution in [0.4, 0.5) is 0 Å². The Morgan fingerprint density at radius 2 is 1.85 bits per heavy atom. The van der Waals surface area contributed by atoms with Crippen LogP contribution in [0.2, 0.25) is 0 Å². The van der Waals surface area contributed by atoms with Crippen molar-refractivity contribution in [2.24, 2.45) is 5.92 Å². The van der Waals surface area contributed by atoms with Gasteiger partial charge in [0, 0.05) is 23.6 Å². The van der Waals surface area contributed by atoms with Crippen molar-refractivity contribution in [1.82, 2.24) is 4.98 Å². The number of nitrogens with zero attached hydrogens (tertiary/aromatic N) is 1. The molecule has 7 nitrogen and oxygen atoms in total. The molecule has 1 unspecified atom stereocenters. The van der Waals surface area contributed by atoms with Gasteiger partial charge in [0.15, 0.2) is 0 Å². The number of carbonyl (C=O) groups excluding carboxylic acids is 2. The van der Waals surface area contributed by atoms with Gasteiger partial charge >= 0.3 is 5.97 Å². The Bertz CT molecular complexity index is 1220. The molecule has 3 rings (SSSR count). The molecule has 1 aliphatic carbocycles. The van der Waals surface area contributed by atoms with E-state index in [1.165, 1.54) is 7.11 Å². The third kappa shape index (κ3) is 9.62. The quantitative estimate of drug-likeness (QED) is 0.162. The van der Waals surface area contributed by atoms with Crippen LogP contribution in [0.3, 0.4) is 0 Å². The molecule has 0 aliphatic heterocycles. The zero-order valence-corrected chi connectivity index (χ0v) is 23.0. The maximum Gasteiger partial charge on any atom is 0.305 e. The van der Waals surface area contributed by atoms with E-state index in [-0.39, 0.29) is 18.3 Å². The van der Waals surface area contributed by atoms with E-state index in [1.54, 1.807) is 20.3 Å². The lowest BCUT2D eigenvalue weighted by Gasteiger charge is -2.17. The second-order valence-electron chi connectivity index (χ2n) is 9.16. The zero-order chi connectivity index (χ0) is 27.9. The van der Waals surface area contributed by atoms with Gasteiger partial charge in [-0.05, 0) is 74.1 Å². The van der Waals surface area contributed by atoms with Gasteiger partial charge in [-0.3, -0.25) is 9.78 Å². The summed E-state index contributed by atoms with van der Waals surface area (Å²) in [6, 6.07) is 11.8. The normalized spacial score (nSPS) is 14.6. The van der Waals surface area contributed by atoms with E-state index in [2.05, 4.69) is 12.2 Å². The maximum atomic E-state index is 11.8. The van der Waals surface area contributed by atoms with E-state index in [0.717, 1.165) is 42.0 Å². The first kappa shape index (κ1) is 29.5. The molecule has 1 aromatic carbocycles. The van der Waals surface area contributed by atoms with E-state index in [9.17, 15) is 9.59 Å². The summed E-state index contributed by atoms with van der Waals surface area (Å²) in [4.78, 5) is 28.0. The largest absolute Gasteiger partial charge is 0.497 e. The number of esters is 1. The van der Waals surface area contributed by atoms with Gasteiger partial charge in [-0.2, -0.15) is 0 Å². The minimum atomic E-state index is -0.286. The molecule has 1 atom stereocenters. The Labute approximate surface area is 230 Å². The molecule has 0 amide bonds. The number of hydrogen-bond donors (Lipinski definition) is 0. The van der Waals surface area contributed by atoms with Gasteiger partial charge in [-0.25, -0.2) is 4.79 Å². The van der Waals surface area contributed by atoms with Crippen LogP contribution >= 0.6 is 0 Å². The van der Waals surface area contributed by atoms with E-state index in [0.29, 0.717) is 43.0 Å². The van der Waals surface area contributed by atoms with Gasteiger partial charge in [0.1, 0.15) is 23.2 Å². The molecule has 1 aromatic heterocycles. The maximum absolute atomic E-state index is 11.8. The molecule has 206 valence electrons. The average molecular weight is 532 g/mol. The molecule has 39 heavy (non-hydrogen) atoms. The van der Waals surface area contributed by atoms with Crippen LogP contribution in [0.5, 0.6) is 11.5 Å². The number of carbonyl (C=O) groups is 1. The highest BCUT2D eigenvalue weighted by atomic mass is 16.5. The predicted octanol–water partition coefficient (Wildman–Crippen LogP) is 5.87. The van der Waals surface area contributed by atoms with Crippen molar-refractivity contribution in [3.8, 4) is 11.5 Å². The fourth-order valence-electron chi connectivity index (χ4n) is 4.20. The molecular formula is C32H37NO6. The number of pyridine rings is 1. The standard InChI is InChI=1S/C32H37NO6/c1-36-28-15-9-24(10-16-28)8-6-4-5-7-21-39-31-19-14-27(33-30(31)18-20-32(35)38-3)13-11-25-12-17-29(37-2)22-26(25)23-34/h6,8-10,12,14-17,19,22,25H,4-5,7,11,13,18,20-21H2,1-3H3. The van der Waals surface area contributed by atoms with Crippen LogP contribution in [0, 0.1) is 5.92 Å². The summed E-state index contributed by atoms with van der Waals surface area (Å²) < 4.78 is 21.3. The minimum Gasteiger partial charge on any atom is -0.497 e. The van der Waals surface area contributed by atoms with Crippen molar-refractivity contribution in [2.75, 3.05) is 27.9 Å². The summed E-state index contributed by atoms with van der Waals surface area (Å²) in [6.07, 6.45) is 14.7. The molecule has 0 radical (unpaired) electrons. The molecule has 0 bridgehead atoms. The van der Waals surface area contributed by atoms with Crippen molar-refractivity contribution in [3.05, 3.63) is 89.0 Å². The smallest absolute Gasteiger partial charge is 0.305 e. The average Bonchev–Trinajstić information content (AvgIpc) is 2.98. The lowest BCUT2D eigenvalue weighted by atomic mass is 9.90. The Balaban J connectivity index is 1.52. The molecule has 0 saturated carbocycles. The monoisotopic (exact) mass is 531 g/mol. The van der Waals surface area contributed by atoms with Gasteiger partial charge in [0.05, 0.1) is 40.1 Å². The van der Waals surface area contributed by atoms with Crippen LogP contribution < -0.4 is 9.47 Å². The Morgan fingerprint density at radius 1 is 1.03 bits per heavy atom. The number of allylic oxidation sites excluding steroid dienone is 5. The van der Waals surface area contributed by atoms with Gasteiger partial charge in [-0.15, -0.1) is 0 Å². The molecule has 2 aromatic rings. The summed E-state index contributed by atoms with van der Waals surface area (Å²) in [6.45, 7) is 0.567. The number of rotatable bonds is 15. The molecule has 1 aliphatic rings. The molecular weight excluding hydrogens is 494 g/mol. The van der Waals surface area contributed by atoms with Gasteiger partial charge in [-0.1, -0.05) is 30.4 Å². The number of unbranched alkanes of at least 4 members (excludes halogenated alkanes) is 2. The molecule has 0 fully saturated rings. The number of benzene rings is 1. The Hall–Kier alpha value is -4.09. The van der Waals surface area contributed by atoms with Gasteiger partial charge in [0.2, 0.25) is 0 Å². The molecule has 0 N–H and O–H groups in total. The first-order valence-corrected chi connectivity index (χ1v) is 13.2. The van der Waals surface area contributed by atoms with Crippen LogP contribution in [-0.2, 0) is 31.9 Å². The lowest BCUT2D eigenvalue weighted by Crippen LogP contribution is -2.10. The van der Waals surface area contributed by atoms with Crippen LogP contribution in [-0.4, -0.2) is 44.8 Å². The topological polar surface area (TPSA) is 84.0 Å². The minimum absolute atomic E-state index is 0.0450. The highest BCUT2D eigenvalue weighted by Crippen LogP contribution is 2.26. The van der Waals surface area contributed by atoms with E-state index in [4.69, 9.17) is 23.9 Å². The first-order chi connectivity index (χ1) is 19.1. The Morgan fingerprint density at radius 3 is 2.56 bits per heavy atom. The molecule has 0 saturated heterocycles.